The first-order valence-electron chi connectivity index (χ1n) is 5.79. The van der Waals surface area contributed by atoms with Crippen LogP contribution in [-0.4, -0.2) is 36.0 Å². The van der Waals surface area contributed by atoms with Gasteiger partial charge in [0.1, 0.15) is 0 Å². The molecule has 0 spiro atoms. The Hall–Kier alpha value is -2.67. The number of hydrogen-bond donors (Lipinski definition) is 4. The van der Waals surface area contributed by atoms with Crippen molar-refractivity contribution in [3.63, 3.8) is 0 Å². The van der Waals surface area contributed by atoms with Crippen molar-refractivity contribution in [1.82, 2.24) is 5.32 Å². The number of benzene rings is 1. The molecule has 0 saturated carbocycles. The van der Waals surface area contributed by atoms with Crippen LogP contribution in [0.5, 0.6) is 0 Å². The van der Waals surface area contributed by atoms with Gasteiger partial charge in [-0.05, 0) is 23.8 Å². The Morgan fingerprint density at radius 3 is 2.65 bits per heavy atom. The quantitative estimate of drug-likeness (QED) is 0.536. The normalized spacial score (nSPS) is 10.2. The summed E-state index contributed by atoms with van der Waals surface area (Å²) in [6, 6.07) is 6.64. The van der Waals surface area contributed by atoms with E-state index in [9.17, 15) is 14.4 Å². The summed E-state index contributed by atoms with van der Waals surface area (Å²) in [5.74, 6) is -1.87. The van der Waals surface area contributed by atoms with Crippen molar-refractivity contribution in [2.45, 2.75) is 0 Å². The molecule has 1 aromatic rings. The van der Waals surface area contributed by atoms with E-state index in [-0.39, 0.29) is 13.1 Å². The van der Waals surface area contributed by atoms with Gasteiger partial charge in [-0.25, -0.2) is 4.79 Å². The number of carbonyl (C=O) groups excluding carboxylic acids is 2. The SMILES string of the molecule is NCC(=O)NCC(=O)Nc1cccc(/C=C/C(=O)O)c1. The third kappa shape index (κ3) is 5.78. The Balaban J connectivity index is 2.59. The second kappa shape index (κ2) is 7.70. The lowest BCUT2D eigenvalue weighted by Crippen LogP contribution is -2.36. The summed E-state index contributed by atoms with van der Waals surface area (Å²) in [4.78, 5) is 32.8. The lowest BCUT2D eigenvalue weighted by atomic mass is 10.2. The van der Waals surface area contributed by atoms with Crippen molar-refractivity contribution >= 4 is 29.5 Å². The fourth-order valence-electron chi connectivity index (χ4n) is 1.34. The number of carbonyl (C=O) groups is 3. The largest absolute Gasteiger partial charge is 0.478 e. The van der Waals surface area contributed by atoms with Gasteiger partial charge in [0.05, 0.1) is 13.1 Å². The van der Waals surface area contributed by atoms with E-state index in [1.165, 1.54) is 6.08 Å². The van der Waals surface area contributed by atoms with E-state index < -0.39 is 17.8 Å². The van der Waals surface area contributed by atoms with Gasteiger partial charge in [0.15, 0.2) is 0 Å². The zero-order valence-electron chi connectivity index (χ0n) is 10.6. The Bertz CT molecular complexity index is 540. The highest BCUT2D eigenvalue weighted by atomic mass is 16.4. The van der Waals surface area contributed by atoms with Crippen LogP contribution in [0.4, 0.5) is 5.69 Å². The molecule has 0 aliphatic carbocycles. The van der Waals surface area contributed by atoms with Gasteiger partial charge >= 0.3 is 5.97 Å². The molecule has 0 fully saturated rings. The first-order valence-corrected chi connectivity index (χ1v) is 5.79. The number of amides is 2. The number of carboxylic acid groups (broad SMARTS) is 1. The highest BCUT2D eigenvalue weighted by Crippen LogP contribution is 2.11. The summed E-state index contributed by atoms with van der Waals surface area (Å²) in [5.41, 5.74) is 6.23. The van der Waals surface area contributed by atoms with Gasteiger partial charge in [0.25, 0.3) is 0 Å². The van der Waals surface area contributed by atoms with Gasteiger partial charge < -0.3 is 21.5 Å². The predicted molar refractivity (Wildman–Crippen MR) is 73.8 cm³/mol. The minimum Gasteiger partial charge on any atom is -0.478 e. The number of nitrogens with one attached hydrogen (secondary N) is 2. The fourth-order valence-corrected chi connectivity index (χ4v) is 1.34. The van der Waals surface area contributed by atoms with E-state index in [0.717, 1.165) is 6.08 Å². The third-order valence-electron chi connectivity index (χ3n) is 2.22. The molecule has 1 rings (SSSR count). The van der Waals surface area contributed by atoms with Crippen LogP contribution in [0.1, 0.15) is 5.56 Å². The van der Waals surface area contributed by atoms with E-state index in [1.807, 2.05) is 0 Å². The zero-order chi connectivity index (χ0) is 15.0. The molecule has 0 aromatic heterocycles. The van der Waals surface area contributed by atoms with Gasteiger partial charge in [0.2, 0.25) is 11.8 Å². The van der Waals surface area contributed by atoms with Crippen LogP contribution in [0.3, 0.4) is 0 Å². The maximum absolute atomic E-state index is 11.5. The summed E-state index contributed by atoms with van der Waals surface area (Å²) in [6.07, 6.45) is 2.41. The number of carboxylic acids is 1. The number of anilines is 1. The topological polar surface area (TPSA) is 122 Å². The predicted octanol–water partition coefficient (Wildman–Crippen LogP) is -0.202. The number of nitrogens with two attached hydrogens (primary N) is 1. The lowest BCUT2D eigenvalue weighted by molar-refractivity contribution is -0.131. The standard InChI is InChI=1S/C13H15N3O4/c14-7-11(17)15-8-12(18)16-10-3-1-2-9(6-10)4-5-13(19)20/h1-6H,7-8,14H2,(H,15,17)(H,16,18)(H,19,20)/b5-4+. The van der Waals surface area contributed by atoms with Gasteiger partial charge in [-0.15, -0.1) is 0 Å². The summed E-state index contributed by atoms with van der Waals surface area (Å²) >= 11 is 0. The Labute approximate surface area is 115 Å². The molecule has 1 aromatic carbocycles. The van der Waals surface area contributed by atoms with Crippen molar-refractivity contribution in [3.8, 4) is 0 Å². The summed E-state index contributed by atoms with van der Waals surface area (Å²) in [5, 5.41) is 13.4. The monoisotopic (exact) mass is 277 g/mol. The van der Waals surface area contributed by atoms with Crippen molar-refractivity contribution in [2.24, 2.45) is 5.73 Å². The highest BCUT2D eigenvalue weighted by Gasteiger charge is 2.04. The van der Waals surface area contributed by atoms with Crippen LogP contribution in [0.2, 0.25) is 0 Å². The van der Waals surface area contributed by atoms with E-state index in [0.29, 0.717) is 11.3 Å². The van der Waals surface area contributed by atoms with Crippen LogP contribution in [-0.2, 0) is 14.4 Å². The molecule has 0 aliphatic heterocycles. The summed E-state index contributed by atoms with van der Waals surface area (Å²) < 4.78 is 0. The van der Waals surface area contributed by atoms with E-state index in [2.05, 4.69) is 10.6 Å². The van der Waals surface area contributed by atoms with Crippen LogP contribution >= 0.6 is 0 Å². The maximum Gasteiger partial charge on any atom is 0.328 e. The van der Waals surface area contributed by atoms with E-state index in [1.54, 1.807) is 24.3 Å². The fraction of sp³-hybridized carbons (Fsp3) is 0.154. The Morgan fingerprint density at radius 1 is 1.25 bits per heavy atom. The average molecular weight is 277 g/mol. The molecule has 0 heterocycles. The zero-order valence-corrected chi connectivity index (χ0v) is 10.6. The van der Waals surface area contributed by atoms with Crippen LogP contribution < -0.4 is 16.4 Å². The first kappa shape index (κ1) is 15.4. The first-order chi connectivity index (χ1) is 9.51. The van der Waals surface area contributed by atoms with E-state index in [4.69, 9.17) is 10.8 Å². The molecule has 20 heavy (non-hydrogen) atoms. The second-order valence-corrected chi connectivity index (χ2v) is 3.83. The minimum atomic E-state index is -1.05. The van der Waals surface area contributed by atoms with Crippen LogP contribution in [0.15, 0.2) is 30.3 Å². The molecule has 5 N–H and O–H groups in total. The molecule has 0 bridgehead atoms. The van der Waals surface area contributed by atoms with Crippen molar-refractivity contribution in [1.29, 1.82) is 0 Å². The van der Waals surface area contributed by atoms with Crippen molar-refractivity contribution < 1.29 is 19.5 Å². The van der Waals surface area contributed by atoms with Gasteiger partial charge in [-0.1, -0.05) is 12.1 Å². The smallest absolute Gasteiger partial charge is 0.328 e. The third-order valence-corrected chi connectivity index (χ3v) is 2.22. The molecule has 106 valence electrons. The Morgan fingerprint density at radius 2 is 2.00 bits per heavy atom. The molecule has 0 aliphatic rings. The van der Waals surface area contributed by atoms with E-state index >= 15 is 0 Å². The Kier molecular flexibility index (Phi) is 5.92. The second-order valence-electron chi connectivity index (χ2n) is 3.83. The molecule has 0 unspecified atom stereocenters. The van der Waals surface area contributed by atoms with Crippen molar-refractivity contribution in [2.75, 3.05) is 18.4 Å². The van der Waals surface area contributed by atoms with Gasteiger partial charge in [-0.2, -0.15) is 0 Å². The summed E-state index contributed by atoms with van der Waals surface area (Å²) in [6.45, 7) is -0.353. The van der Waals surface area contributed by atoms with Crippen molar-refractivity contribution in [3.05, 3.63) is 35.9 Å². The molecule has 0 saturated heterocycles. The molecule has 2 amide bonds. The summed E-state index contributed by atoms with van der Waals surface area (Å²) in [7, 11) is 0. The molecule has 7 nitrogen and oxygen atoms in total. The highest BCUT2D eigenvalue weighted by molar-refractivity contribution is 5.95. The average Bonchev–Trinajstić information content (AvgIpc) is 2.43. The van der Waals surface area contributed by atoms with Crippen LogP contribution in [0.25, 0.3) is 6.08 Å². The minimum absolute atomic E-state index is 0.175. The molecule has 7 heteroatoms. The lowest BCUT2D eigenvalue weighted by Gasteiger charge is -2.06. The number of aliphatic carboxylic acids is 1. The molecule has 0 atom stereocenters. The molecule has 0 radical (unpaired) electrons. The molecular formula is C13H15N3O4. The molecular weight excluding hydrogens is 262 g/mol. The van der Waals surface area contributed by atoms with Gasteiger partial charge in [0, 0.05) is 11.8 Å². The number of hydrogen-bond acceptors (Lipinski definition) is 4. The van der Waals surface area contributed by atoms with Crippen LogP contribution in [0, 0.1) is 0 Å². The maximum atomic E-state index is 11.5. The van der Waals surface area contributed by atoms with Gasteiger partial charge in [-0.3, -0.25) is 9.59 Å². The number of rotatable bonds is 6.